The minimum Gasteiger partial charge on any atom is -0.387 e. The molecule has 138 valence electrons. The molecule has 0 saturated heterocycles. The molecular formula is C22H38O2. The highest BCUT2D eigenvalue weighted by atomic mass is 16.4. The summed E-state index contributed by atoms with van der Waals surface area (Å²) < 4.78 is 0. The molecule has 0 amide bonds. The molecule has 1 rings (SSSR count). The summed E-state index contributed by atoms with van der Waals surface area (Å²) in [6, 6.07) is 9.50. The molecule has 0 heterocycles. The van der Waals surface area contributed by atoms with Gasteiger partial charge in [-0.2, -0.15) is 0 Å². The van der Waals surface area contributed by atoms with Crippen molar-refractivity contribution in [3.05, 3.63) is 35.9 Å². The second kappa shape index (κ2) is 10.9. The predicted octanol–water partition coefficient (Wildman–Crippen LogP) is 5.96. The van der Waals surface area contributed by atoms with Crippen molar-refractivity contribution >= 4 is 0 Å². The third-order valence-corrected chi connectivity index (χ3v) is 5.40. The van der Waals surface area contributed by atoms with Crippen molar-refractivity contribution in [2.24, 2.45) is 0 Å². The van der Waals surface area contributed by atoms with Gasteiger partial charge in [0.1, 0.15) is 5.60 Å². The maximum atomic E-state index is 10.8. The van der Waals surface area contributed by atoms with Crippen LogP contribution in [0.5, 0.6) is 0 Å². The van der Waals surface area contributed by atoms with Gasteiger partial charge in [-0.15, -0.1) is 0 Å². The lowest BCUT2D eigenvalue weighted by molar-refractivity contribution is -0.141. The summed E-state index contributed by atoms with van der Waals surface area (Å²) in [5.74, 6) is 0. The first-order valence-electron chi connectivity index (χ1n) is 9.92. The van der Waals surface area contributed by atoms with E-state index in [2.05, 4.69) is 6.92 Å². The lowest BCUT2D eigenvalue weighted by Crippen LogP contribution is -2.47. The van der Waals surface area contributed by atoms with E-state index in [1.165, 1.54) is 51.4 Å². The lowest BCUT2D eigenvalue weighted by Gasteiger charge is -2.39. The van der Waals surface area contributed by atoms with Gasteiger partial charge in [0.05, 0.1) is 5.60 Å². The summed E-state index contributed by atoms with van der Waals surface area (Å²) in [6.07, 6.45) is 13.4. The molecule has 0 radical (unpaired) electrons. The van der Waals surface area contributed by atoms with Gasteiger partial charge in [-0.05, 0) is 25.8 Å². The van der Waals surface area contributed by atoms with Crippen LogP contribution in [-0.4, -0.2) is 15.8 Å². The van der Waals surface area contributed by atoms with Crippen LogP contribution in [0.4, 0.5) is 0 Å². The Labute approximate surface area is 149 Å². The first-order chi connectivity index (χ1) is 11.4. The fourth-order valence-corrected chi connectivity index (χ4v) is 3.27. The van der Waals surface area contributed by atoms with E-state index in [9.17, 15) is 10.2 Å². The topological polar surface area (TPSA) is 40.5 Å². The Morgan fingerprint density at radius 1 is 0.708 bits per heavy atom. The largest absolute Gasteiger partial charge is 0.387 e. The van der Waals surface area contributed by atoms with Gasteiger partial charge in [-0.3, -0.25) is 0 Å². The molecule has 0 saturated carbocycles. The number of aliphatic hydroxyl groups is 2. The van der Waals surface area contributed by atoms with E-state index in [-0.39, 0.29) is 0 Å². The van der Waals surface area contributed by atoms with Crippen LogP contribution >= 0.6 is 0 Å². The molecule has 0 aliphatic rings. The minimum atomic E-state index is -1.21. The zero-order valence-corrected chi connectivity index (χ0v) is 16.1. The Balaban J connectivity index is 2.21. The summed E-state index contributed by atoms with van der Waals surface area (Å²) in [5.41, 5.74) is -1.54. The van der Waals surface area contributed by atoms with Crippen LogP contribution < -0.4 is 0 Å². The van der Waals surface area contributed by atoms with Crippen molar-refractivity contribution in [1.29, 1.82) is 0 Å². The van der Waals surface area contributed by atoms with Gasteiger partial charge in [0, 0.05) is 0 Å². The quantitative estimate of drug-likeness (QED) is 0.437. The highest BCUT2D eigenvalue weighted by Gasteiger charge is 2.42. The van der Waals surface area contributed by atoms with Gasteiger partial charge < -0.3 is 10.2 Å². The van der Waals surface area contributed by atoms with Gasteiger partial charge in [0.15, 0.2) is 0 Å². The number of hydrogen-bond donors (Lipinski definition) is 2. The van der Waals surface area contributed by atoms with E-state index >= 15 is 0 Å². The number of hydrogen-bond acceptors (Lipinski definition) is 2. The first-order valence-corrected chi connectivity index (χ1v) is 9.92. The average Bonchev–Trinajstić information content (AvgIpc) is 2.57. The van der Waals surface area contributed by atoms with Gasteiger partial charge in [0.2, 0.25) is 0 Å². The summed E-state index contributed by atoms with van der Waals surface area (Å²) in [7, 11) is 0. The molecule has 2 atom stereocenters. The maximum absolute atomic E-state index is 10.8. The summed E-state index contributed by atoms with van der Waals surface area (Å²) in [5, 5.41) is 21.6. The molecule has 0 spiro atoms. The van der Waals surface area contributed by atoms with E-state index in [1.54, 1.807) is 13.8 Å². The van der Waals surface area contributed by atoms with Crippen molar-refractivity contribution < 1.29 is 10.2 Å². The molecule has 2 nitrogen and oxygen atoms in total. The molecule has 0 aromatic heterocycles. The van der Waals surface area contributed by atoms with E-state index < -0.39 is 11.2 Å². The summed E-state index contributed by atoms with van der Waals surface area (Å²) >= 11 is 0. The third-order valence-electron chi connectivity index (χ3n) is 5.40. The standard InChI is InChI=1S/C22H38O2/c1-4-5-6-7-8-9-10-11-12-16-19-21(2,23)22(3,24)20-17-14-13-15-18-20/h13-15,17-18,23-24H,4-12,16,19H2,1-3H3. The Morgan fingerprint density at radius 2 is 1.17 bits per heavy atom. The summed E-state index contributed by atoms with van der Waals surface area (Å²) in [6.45, 7) is 5.73. The molecule has 24 heavy (non-hydrogen) atoms. The summed E-state index contributed by atoms with van der Waals surface area (Å²) in [4.78, 5) is 0. The van der Waals surface area contributed by atoms with E-state index in [1.807, 2.05) is 30.3 Å². The van der Waals surface area contributed by atoms with Crippen LogP contribution in [-0.2, 0) is 5.60 Å². The van der Waals surface area contributed by atoms with Gasteiger partial charge in [-0.25, -0.2) is 0 Å². The van der Waals surface area contributed by atoms with Crippen molar-refractivity contribution in [3.63, 3.8) is 0 Å². The van der Waals surface area contributed by atoms with Crippen LogP contribution in [0.2, 0.25) is 0 Å². The second-order valence-electron chi connectivity index (χ2n) is 7.64. The molecule has 0 bridgehead atoms. The zero-order valence-electron chi connectivity index (χ0n) is 16.1. The maximum Gasteiger partial charge on any atom is 0.115 e. The van der Waals surface area contributed by atoms with E-state index in [4.69, 9.17) is 0 Å². The van der Waals surface area contributed by atoms with Crippen molar-refractivity contribution in [2.45, 2.75) is 103 Å². The molecule has 0 fully saturated rings. The molecule has 1 aromatic carbocycles. The Kier molecular flexibility index (Phi) is 9.61. The van der Waals surface area contributed by atoms with Crippen molar-refractivity contribution in [3.8, 4) is 0 Å². The van der Waals surface area contributed by atoms with Crippen LogP contribution in [0.25, 0.3) is 0 Å². The lowest BCUT2D eigenvalue weighted by atomic mass is 9.77. The van der Waals surface area contributed by atoms with Crippen LogP contribution in [0, 0.1) is 0 Å². The smallest absolute Gasteiger partial charge is 0.115 e. The molecule has 1 aromatic rings. The van der Waals surface area contributed by atoms with E-state index in [0.717, 1.165) is 18.4 Å². The van der Waals surface area contributed by atoms with Gasteiger partial charge in [-0.1, -0.05) is 101 Å². The highest BCUT2D eigenvalue weighted by Crippen LogP contribution is 2.36. The minimum absolute atomic E-state index is 0.630. The Bertz CT molecular complexity index is 423. The van der Waals surface area contributed by atoms with Crippen molar-refractivity contribution in [1.82, 2.24) is 0 Å². The molecule has 0 aliphatic heterocycles. The predicted molar refractivity (Wildman–Crippen MR) is 103 cm³/mol. The number of unbranched alkanes of at least 4 members (excludes halogenated alkanes) is 9. The van der Waals surface area contributed by atoms with Gasteiger partial charge in [0.25, 0.3) is 0 Å². The fourth-order valence-electron chi connectivity index (χ4n) is 3.27. The Morgan fingerprint density at radius 3 is 1.67 bits per heavy atom. The highest BCUT2D eigenvalue weighted by molar-refractivity contribution is 5.24. The molecule has 0 aliphatic carbocycles. The molecule has 2 unspecified atom stereocenters. The molecule has 2 N–H and O–H groups in total. The van der Waals surface area contributed by atoms with Crippen LogP contribution in [0.1, 0.15) is 97.0 Å². The fraction of sp³-hybridized carbons (Fsp3) is 0.727. The third kappa shape index (κ3) is 6.94. The average molecular weight is 335 g/mol. The normalized spacial score (nSPS) is 16.5. The van der Waals surface area contributed by atoms with Crippen molar-refractivity contribution in [2.75, 3.05) is 0 Å². The first kappa shape index (κ1) is 21.2. The van der Waals surface area contributed by atoms with Crippen LogP contribution in [0.3, 0.4) is 0 Å². The van der Waals surface area contributed by atoms with E-state index in [0.29, 0.717) is 6.42 Å². The van der Waals surface area contributed by atoms with Gasteiger partial charge >= 0.3 is 0 Å². The monoisotopic (exact) mass is 334 g/mol. The number of benzene rings is 1. The SMILES string of the molecule is CCCCCCCCCCCCC(C)(O)C(C)(O)c1ccccc1. The number of rotatable bonds is 13. The van der Waals surface area contributed by atoms with Crippen LogP contribution in [0.15, 0.2) is 30.3 Å². The molecule has 2 heteroatoms. The molecular weight excluding hydrogens is 296 g/mol. The second-order valence-corrected chi connectivity index (χ2v) is 7.64. The Hall–Kier alpha value is -0.860. The zero-order chi connectivity index (χ0) is 17.9.